The minimum Gasteiger partial charge on any atom is -0.477 e. The summed E-state index contributed by atoms with van der Waals surface area (Å²) in [6, 6.07) is 7.71. The molecule has 0 saturated carbocycles. The summed E-state index contributed by atoms with van der Waals surface area (Å²) in [6.45, 7) is 6.25. The van der Waals surface area contributed by atoms with Crippen LogP contribution in [0.1, 0.15) is 56.7 Å². The van der Waals surface area contributed by atoms with Gasteiger partial charge in [0.15, 0.2) is 0 Å². The first-order valence-corrected chi connectivity index (χ1v) is 13.1. The largest absolute Gasteiger partial charge is 0.477 e. The van der Waals surface area contributed by atoms with E-state index in [0.29, 0.717) is 35.9 Å². The molecule has 0 radical (unpaired) electrons. The van der Waals surface area contributed by atoms with E-state index < -0.39 is 22.8 Å². The molecule has 1 aromatic heterocycles. The zero-order valence-corrected chi connectivity index (χ0v) is 23.3. The molecule has 12 nitrogen and oxygen atoms in total. The highest BCUT2D eigenvalue weighted by Crippen LogP contribution is 2.40. The Hall–Kier alpha value is -4.19. The predicted molar refractivity (Wildman–Crippen MR) is 145 cm³/mol. The zero-order valence-electron chi connectivity index (χ0n) is 23.3. The number of aryl methyl sites for hydroxylation is 1. The van der Waals surface area contributed by atoms with Gasteiger partial charge in [0.25, 0.3) is 5.69 Å². The van der Waals surface area contributed by atoms with Gasteiger partial charge >= 0.3 is 11.9 Å². The Morgan fingerprint density at radius 1 is 0.925 bits per heavy atom. The number of esters is 2. The number of methoxy groups -OCH3 is 1. The summed E-state index contributed by atoms with van der Waals surface area (Å²) in [6.07, 6.45) is 3.20. The maximum absolute atomic E-state index is 13.4. The van der Waals surface area contributed by atoms with E-state index in [1.165, 1.54) is 25.3 Å². The fourth-order valence-electron chi connectivity index (χ4n) is 4.43. The molecule has 0 saturated heterocycles. The maximum atomic E-state index is 13.4. The highest BCUT2D eigenvalue weighted by Gasteiger charge is 2.38. The Morgan fingerprint density at radius 2 is 1.57 bits per heavy atom. The molecule has 1 atom stereocenters. The van der Waals surface area contributed by atoms with Gasteiger partial charge in [0, 0.05) is 42.4 Å². The number of hydrogen-bond donors (Lipinski definition) is 2. The van der Waals surface area contributed by atoms with Crippen molar-refractivity contribution in [2.45, 2.75) is 52.4 Å². The molecule has 1 aliphatic heterocycles. The number of carbonyl (C=O) groups excluding carboxylic acids is 2. The standard InChI is InChI=1S/C28H36N4O8/c1-18-16-23(31-30-18)38-12-7-5-6-8-13-39-27(33)24-19(2)29-20(3)25(28(34)40-15-14-37-4)26(24)21-10-9-11-22(17-21)32(35)36/h9-11,16-17,26,29H,5-8,12-15H2,1-4H3,(H,30,31). The molecule has 0 spiro atoms. The lowest BCUT2D eigenvalue weighted by atomic mass is 9.80. The van der Waals surface area contributed by atoms with Gasteiger partial charge in [-0.2, -0.15) is 0 Å². The first-order valence-electron chi connectivity index (χ1n) is 13.1. The summed E-state index contributed by atoms with van der Waals surface area (Å²) in [7, 11) is 1.49. The first-order chi connectivity index (χ1) is 19.2. The molecule has 2 N–H and O–H groups in total. The van der Waals surface area contributed by atoms with Crippen LogP contribution in [0.2, 0.25) is 0 Å². The number of nitrogens with zero attached hydrogens (tertiary/aromatic N) is 2. The average Bonchev–Trinajstić information content (AvgIpc) is 3.34. The van der Waals surface area contributed by atoms with E-state index in [0.717, 1.165) is 25.0 Å². The van der Waals surface area contributed by atoms with Gasteiger partial charge in [-0.15, -0.1) is 5.10 Å². The third kappa shape index (κ3) is 8.15. The molecule has 40 heavy (non-hydrogen) atoms. The number of ether oxygens (including phenoxy) is 4. The van der Waals surface area contributed by atoms with E-state index in [4.69, 9.17) is 18.9 Å². The lowest BCUT2D eigenvalue weighted by Gasteiger charge is -2.30. The number of hydrogen-bond acceptors (Lipinski definition) is 10. The number of non-ortho nitro benzene ring substituents is 1. The van der Waals surface area contributed by atoms with Crippen LogP contribution in [0.3, 0.4) is 0 Å². The number of nitro groups is 1. The lowest BCUT2D eigenvalue weighted by molar-refractivity contribution is -0.384. The number of dihydropyridines is 1. The van der Waals surface area contributed by atoms with E-state index >= 15 is 0 Å². The minimum atomic E-state index is -0.911. The number of H-pyrrole nitrogens is 1. The Balaban J connectivity index is 1.67. The topological polar surface area (TPSA) is 155 Å². The molecular weight excluding hydrogens is 520 g/mol. The number of unbranched alkanes of at least 4 members (excludes halogenated alkanes) is 3. The number of nitrogens with one attached hydrogen (secondary N) is 2. The molecule has 0 aliphatic carbocycles. The van der Waals surface area contributed by atoms with Crippen molar-refractivity contribution >= 4 is 17.6 Å². The zero-order chi connectivity index (χ0) is 29.1. The summed E-state index contributed by atoms with van der Waals surface area (Å²) in [5.41, 5.74) is 2.56. The molecular formula is C28H36N4O8. The van der Waals surface area contributed by atoms with Crippen molar-refractivity contribution < 1.29 is 33.5 Å². The Bertz CT molecular complexity index is 1270. The normalized spacial score (nSPS) is 15.1. The van der Waals surface area contributed by atoms with Crippen LogP contribution in [0.15, 0.2) is 52.9 Å². The summed E-state index contributed by atoms with van der Waals surface area (Å²) in [4.78, 5) is 37.5. The number of benzene rings is 1. The van der Waals surface area contributed by atoms with E-state index in [2.05, 4.69) is 15.5 Å². The third-order valence-corrected chi connectivity index (χ3v) is 6.34. The van der Waals surface area contributed by atoms with Gasteiger partial charge in [-0.3, -0.25) is 15.2 Å². The molecule has 3 rings (SSSR count). The average molecular weight is 557 g/mol. The van der Waals surface area contributed by atoms with Gasteiger partial charge in [0.05, 0.1) is 41.8 Å². The van der Waals surface area contributed by atoms with Crippen molar-refractivity contribution in [2.24, 2.45) is 0 Å². The molecule has 12 heteroatoms. The van der Waals surface area contributed by atoms with Crippen molar-refractivity contribution in [2.75, 3.05) is 33.5 Å². The lowest BCUT2D eigenvalue weighted by Crippen LogP contribution is -2.33. The van der Waals surface area contributed by atoms with Gasteiger partial charge in [0.2, 0.25) is 5.88 Å². The molecule has 216 valence electrons. The maximum Gasteiger partial charge on any atom is 0.336 e. The van der Waals surface area contributed by atoms with Crippen molar-refractivity contribution in [1.29, 1.82) is 0 Å². The molecule has 1 unspecified atom stereocenters. The van der Waals surface area contributed by atoms with Crippen LogP contribution in [-0.4, -0.2) is 60.6 Å². The van der Waals surface area contributed by atoms with E-state index in [-0.39, 0.29) is 36.7 Å². The number of aromatic nitrogens is 2. The quantitative estimate of drug-likeness (QED) is 0.141. The van der Waals surface area contributed by atoms with Crippen LogP contribution < -0.4 is 10.1 Å². The van der Waals surface area contributed by atoms with Gasteiger partial charge < -0.3 is 24.3 Å². The van der Waals surface area contributed by atoms with Crippen LogP contribution >= 0.6 is 0 Å². The highest BCUT2D eigenvalue weighted by molar-refractivity contribution is 6.00. The number of nitro benzene ring substituents is 1. The van der Waals surface area contributed by atoms with Crippen molar-refractivity contribution in [3.63, 3.8) is 0 Å². The number of aromatic amines is 1. The van der Waals surface area contributed by atoms with Crippen molar-refractivity contribution in [3.05, 3.63) is 74.2 Å². The molecule has 0 bridgehead atoms. The van der Waals surface area contributed by atoms with Crippen LogP contribution in [0.4, 0.5) is 5.69 Å². The Kier molecular flexibility index (Phi) is 11.2. The number of rotatable bonds is 15. The first kappa shape index (κ1) is 30.4. The molecule has 1 aliphatic rings. The second-order valence-electron chi connectivity index (χ2n) is 9.40. The number of allylic oxidation sites excluding steroid dienone is 2. The molecule has 2 aromatic rings. The highest BCUT2D eigenvalue weighted by atomic mass is 16.6. The molecule has 2 heterocycles. The van der Waals surface area contributed by atoms with Gasteiger partial charge in [0.1, 0.15) is 6.61 Å². The second-order valence-corrected chi connectivity index (χ2v) is 9.40. The van der Waals surface area contributed by atoms with Crippen LogP contribution in [-0.2, 0) is 23.8 Å². The van der Waals surface area contributed by atoms with Crippen LogP contribution in [0.5, 0.6) is 5.88 Å². The van der Waals surface area contributed by atoms with Crippen molar-refractivity contribution in [1.82, 2.24) is 15.5 Å². The third-order valence-electron chi connectivity index (χ3n) is 6.34. The fraction of sp³-hybridized carbons (Fsp3) is 0.464. The smallest absolute Gasteiger partial charge is 0.336 e. The van der Waals surface area contributed by atoms with Gasteiger partial charge in [-0.1, -0.05) is 12.1 Å². The predicted octanol–water partition coefficient (Wildman–Crippen LogP) is 4.23. The summed E-state index contributed by atoms with van der Waals surface area (Å²) >= 11 is 0. The van der Waals surface area contributed by atoms with E-state index in [1.807, 2.05) is 13.0 Å². The van der Waals surface area contributed by atoms with E-state index in [1.54, 1.807) is 19.9 Å². The minimum absolute atomic E-state index is 0.0165. The number of carbonyl (C=O) groups is 2. The van der Waals surface area contributed by atoms with Crippen LogP contribution in [0.25, 0.3) is 0 Å². The summed E-state index contributed by atoms with van der Waals surface area (Å²) in [5.74, 6) is -1.59. The molecule has 0 amide bonds. The van der Waals surface area contributed by atoms with Gasteiger partial charge in [-0.25, -0.2) is 9.59 Å². The van der Waals surface area contributed by atoms with Crippen LogP contribution in [0, 0.1) is 17.0 Å². The van der Waals surface area contributed by atoms with E-state index in [9.17, 15) is 19.7 Å². The Morgan fingerprint density at radius 3 is 2.17 bits per heavy atom. The second kappa shape index (κ2) is 14.8. The molecule has 1 aromatic carbocycles. The van der Waals surface area contributed by atoms with Crippen molar-refractivity contribution in [3.8, 4) is 5.88 Å². The fourth-order valence-corrected chi connectivity index (χ4v) is 4.43. The summed E-state index contributed by atoms with van der Waals surface area (Å²) < 4.78 is 21.5. The Labute approximate surface area is 232 Å². The summed E-state index contributed by atoms with van der Waals surface area (Å²) in [5, 5.41) is 21.4. The monoisotopic (exact) mass is 556 g/mol. The molecule has 0 fully saturated rings. The SMILES string of the molecule is COCCOC(=O)C1=C(C)NC(C)=C(C(=O)OCCCCCCOc2cc(C)[nH]n2)C1c1cccc([N+](=O)[O-])c1. The van der Waals surface area contributed by atoms with Gasteiger partial charge in [-0.05, 0) is 52.0 Å².